The molecule has 1 aliphatic rings. The highest BCUT2D eigenvalue weighted by Gasteiger charge is 2.28. The lowest BCUT2D eigenvalue weighted by Gasteiger charge is -2.01. The number of hydrogen-bond donors (Lipinski definition) is 1. The smallest absolute Gasteiger partial charge is 0.230 e. The Kier molecular flexibility index (Phi) is 2.45. The van der Waals surface area contributed by atoms with Gasteiger partial charge in [0.1, 0.15) is 0 Å². The molecule has 0 bridgehead atoms. The third-order valence-corrected chi connectivity index (χ3v) is 3.69. The van der Waals surface area contributed by atoms with Crippen LogP contribution < -0.4 is 5.73 Å². The van der Waals surface area contributed by atoms with Crippen LogP contribution in [-0.2, 0) is 0 Å². The number of rotatable bonds is 2. The maximum absolute atomic E-state index is 5.87. The van der Waals surface area contributed by atoms with E-state index in [1.165, 1.54) is 11.3 Å². The highest BCUT2D eigenvalue weighted by molar-refractivity contribution is 7.13. The first-order chi connectivity index (χ1) is 7.83. The standard InChI is InChI=1S/C10H12N4OS/c11-7-2-1-6(3-7)10-13-9(14-15-10)8-4-12-5-16-8/h4-7H,1-3,11H2. The number of nitrogens with two attached hydrogens (primary N) is 1. The molecular formula is C10H12N4OS. The van der Waals surface area contributed by atoms with Crippen LogP contribution in [0, 0.1) is 0 Å². The van der Waals surface area contributed by atoms with Crippen molar-refractivity contribution in [3.8, 4) is 10.7 Å². The molecule has 3 rings (SSSR count). The quantitative estimate of drug-likeness (QED) is 0.860. The summed E-state index contributed by atoms with van der Waals surface area (Å²) in [6.45, 7) is 0. The van der Waals surface area contributed by atoms with E-state index in [0.29, 0.717) is 11.7 Å². The molecule has 0 radical (unpaired) electrons. The van der Waals surface area contributed by atoms with Crippen molar-refractivity contribution in [3.05, 3.63) is 17.6 Å². The lowest BCUT2D eigenvalue weighted by atomic mass is 10.1. The second kappa shape index (κ2) is 3.95. The van der Waals surface area contributed by atoms with Gasteiger partial charge in [-0.05, 0) is 19.3 Å². The van der Waals surface area contributed by atoms with E-state index < -0.39 is 0 Å². The van der Waals surface area contributed by atoms with Crippen LogP contribution in [0.25, 0.3) is 10.7 Å². The van der Waals surface area contributed by atoms with Crippen LogP contribution in [0.1, 0.15) is 31.1 Å². The normalized spacial score (nSPS) is 25.1. The molecule has 84 valence electrons. The van der Waals surface area contributed by atoms with E-state index in [2.05, 4.69) is 15.1 Å². The SMILES string of the molecule is NC1CCC(c2nc(-c3cncs3)no2)C1. The third-order valence-electron chi connectivity index (χ3n) is 2.92. The summed E-state index contributed by atoms with van der Waals surface area (Å²) in [5.74, 6) is 1.69. The van der Waals surface area contributed by atoms with E-state index in [0.717, 1.165) is 30.0 Å². The monoisotopic (exact) mass is 236 g/mol. The van der Waals surface area contributed by atoms with Gasteiger partial charge >= 0.3 is 0 Å². The Morgan fingerprint density at radius 2 is 2.38 bits per heavy atom. The third kappa shape index (κ3) is 1.74. The van der Waals surface area contributed by atoms with Gasteiger partial charge in [0.2, 0.25) is 11.7 Å². The zero-order valence-corrected chi connectivity index (χ0v) is 9.48. The van der Waals surface area contributed by atoms with Crippen molar-refractivity contribution in [2.24, 2.45) is 5.73 Å². The van der Waals surface area contributed by atoms with Gasteiger partial charge in [-0.2, -0.15) is 4.98 Å². The first-order valence-corrected chi connectivity index (χ1v) is 6.19. The van der Waals surface area contributed by atoms with E-state index in [4.69, 9.17) is 10.3 Å². The molecule has 2 aromatic rings. The van der Waals surface area contributed by atoms with Crippen LogP contribution >= 0.6 is 11.3 Å². The van der Waals surface area contributed by atoms with Crippen LogP contribution in [0.2, 0.25) is 0 Å². The molecule has 5 nitrogen and oxygen atoms in total. The number of nitrogens with zero attached hydrogens (tertiary/aromatic N) is 3. The summed E-state index contributed by atoms with van der Waals surface area (Å²) in [5, 5.41) is 3.97. The summed E-state index contributed by atoms with van der Waals surface area (Å²) in [4.78, 5) is 9.34. The minimum Gasteiger partial charge on any atom is -0.339 e. The van der Waals surface area contributed by atoms with Gasteiger partial charge in [-0.25, -0.2) is 0 Å². The van der Waals surface area contributed by atoms with Crippen molar-refractivity contribution < 1.29 is 4.52 Å². The van der Waals surface area contributed by atoms with E-state index in [1.807, 2.05) is 0 Å². The largest absolute Gasteiger partial charge is 0.339 e. The molecule has 1 saturated carbocycles. The second-order valence-electron chi connectivity index (χ2n) is 4.09. The van der Waals surface area contributed by atoms with Crippen molar-refractivity contribution in [1.82, 2.24) is 15.1 Å². The number of aromatic nitrogens is 3. The van der Waals surface area contributed by atoms with E-state index in [1.54, 1.807) is 11.7 Å². The van der Waals surface area contributed by atoms with E-state index in [9.17, 15) is 0 Å². The zero-order chi connectivity index (χ0) is 11.0. The summed E-state index contributed by atoms with van der Waals surface area (Å²) in [7, 11) is 0. The van der Waals surface area contributed by atoms with Gasteiger partial charge in [-0.1, -0.05) is 5.16 Å². The Morgan fingerprint density at radius 3 is 3.06 bits per heavy atom. The van der Waals surface area contributed by atoms with Crippen molar-refractivity contribution in [3.63, 3.8) is 0 Å². The maximum Gasteiger partial charge on any atom is 0.230 e. The number of thiazole rings is 1. The highest BCUT2D eigenvalue weighted by Crippen LogP contribution is 2.33. The first kappa shape index (κ1) is 9.92. The van der Waals surface area contributed by atoms with Gasteiger partial charge in [-0.15, -0.1) is 11.3 Å². The molecule has 1 aliphatic carbocycles. The van der Waals surface area contributed by atoms with Crippen molar-refractivity contribution in [2.45, 2.75) is 31.2 Å². The zero-order valence-electron chi connectivity index (χ0n) is 8.67. The fraction of sp³-hybridized carbons (Fsp3) is 0.500. The summed E-state index contributed by atoms with van der Waals surface area (Å²) in [6.07, 6.45) is 4.79. The molecule has 2 N–H and O–H groups in total. The van der Waals surface area contributed by atoms with Gasteiger partial charge in [0.05, 0.1) is 10.4 Å². The van der Waals surface area contributed by atoms with Crippen LogP contribution in [0.5, 0.6) is 0 Å². The highest BCUT2D eigenvalue weighted by atomic mass is 32.1. The summed E-state index contributed by atoms with van der Waals surface area (Å²) in [6, 6.07) is 0.281. The molecule has 2 aromatic heterocycles. The van der Waals surface area contributed by atoms with Crippen molar-refractivity contribution in [1.29, 1.82) is 0 Å². The lowest BCUT2D eigenvalue weighted by molar-refractivity contribution is 0.353. The van der Waals surface area contributed by atoms with Gasteiger partial charge in [0, 0.05) is 18.2 Å². The fourth-order valence-corrected chi connectivity index (χ4v) is 2.61. The molecule has 0 aromatic carbocycles. The molecule has 0 amide bonds. The summed E-state index contributed by atoms with van der Waals surface area (Å²) >= 11 is 1.51. The number of hydrogen-bond acceptors (Lipinski definition) is 6. The molecule has 2 unspecified atom stereocenters. The molecule has 16 heavy (non-hydrogen) atoms. The fourth-order valence-electron chi connectivity index (χ4n) is 2.07. The molecule has 1 fully saturated rings. The second-order valence-corrected chi connectivity index (χ2v) is 4.98. The molecular weight excluding hydrogens is 224 g/mol. The van der Waals surface area contributed by atoms with Crippen LogP contribution in [0.4, 0.5) is 0 Å². The summed E-state index contributed by atoms with van der Waals surface area (Å²) < 4.78 is 5.28. The minimum absolute atomic E-state index is 0.281. The Bertz CT molecular complexity index is 467. The lowest BCUT2D eigenvalue weighted by Crippen LogP contribution is -2.14. The molecule has 0 saturated heterocycles. The molecule has 2 atom stereocenters. The molecule has 6 heteroatoms. The van der Waals surface area contributed by atoms with Gasteiger partial charge in [-0.3, -0.25) is 4.98 Å². The Hall–Kier alpha value is -1.27. The van der Waals surface area contributed by atoms with Crippen LogP contribution in [0.3, 0.4) is 0 Å². The van der Waals surface area contributed by atoms with E-state index in [-0.39, 0.29) is 6.04 Å². The Morgan fingerprint density at radius 1 is 1.44 bits per heavy atom. The van der Waals surface area contributed by atoms with Crippen LogP contribution in [-0.4, -0.2) is 21.2 Å². The van der Waals surface area contributed by atoms with E-state index >= 15 is 0 Å². The summed E-state index contributed by atoms with van der Waals surface area (Å²) in [5.41, 5.74) is 7.63. The van der Waals surface area contributed by atoms with Crippen molar-refractivity contribution in [2.75, 3.05) is 0 Å². The van der Waals surface area contributed by atoms with Crippen LogP contribution in [0.15, 0.2) is 16.2 Å². The maximum atomic E-state index is 5.87. The average molecular weight is 236 g/mol. The first-order valence-electron chi connectivity index (χ1n) is 5.31. The molecule has 0 spiro atoms. The molecule has 0 aliphatic heterocycles. The van der Waals surface area contributed by atoms with Gasteiger partial charge in [0.15, 0.2) is 0 Å². The van der Waals surface area contributed by atoms with Gasteiger partial charge in [0.25, 0.3) is 0 Å². The predicted octanol–water partition coefficient (Wildman–Crippen LogP) is 1.79. The average Bonchev–Trinajstić information content (AvgIpc) is 2.97. The Labute approximate surface area is 96.7 Å². The minimum atomic E-state index is 0.281. The molecule has 2 heterocycles. The Balaban J connectivity index is 1.83. The predicted molar refractivity (Wildman–Crippen MR) is 60.0 cm³/mol. The van der Waals surface area contributed by atoms with Crippen molar-refractivity contribution >= 4 is 11.3 Å². The topological polar surface area (TPSA) is 77.8 Å². The van der Waals surface area contributed by atoms with Gasteiger partial charge < -0.3 is 10.3 Å².